The molecule has 0 spiro atoms. The summed E-state index contributed by atoms with van der Waals surface area (Å²) in [5.41, 5.74) is 0. The average molecular weight is 360 g/mol. The number of esters is 1. The van der Waals surface area contributed by atoms with Gasteiger partial charge in [0.25, 0.3) is 5.91 Å². The van der Waals surface area contributed by atoms with Gasteiger partial charge in [0.05, 0.1) is 16.5 Å². The zero-order valence-corrected chi connectivity index (χ0v) is 13.6. The summed E-state index contributed by atoms with van der Waals surface area (Å²) < 4.78 is 30.2. The van der Waals surface area contributed by atoms with Crippen molar-refractivity contribution in [2.75, 3.05) is 6.61 Å². The molecule has 1 aromatic heterocycles. The van der Waals surface area contributed by atoms with Crippen LogP contribution in [0.25, 0.3) is 0 Å². The van der Waals surface area contributed by atoms with Crippen LogP contribution in [0.3, 0.4) is 0 Å². The molecule has 112 valence electrons. The number of hydrogen-bond donors (Lipinski definition) is 1. The van der Waals surface area contributed by atoms with Crippen molar-refractivity contribution in [3.05, 3.63) is 20.3 Å². The second kappa shape index (κ2) is 6.75. The van der Waals surface area contributed by atoms with Gasteiger partial charge in [0.2, 0.25) is 10.0 Å². The highest BCUT2D eigenvalue weighted by atomic mass is 35.5. The molecule has 0 aromatic carbocycles. The largest absolute Gasteiger partial charge is 0.465 e. The molecule has 1 heterocycles. The van der Waals surface area contributed by atoms with Crippen molar-refractivity contribution in [1.82, 2.24) is 4.72 Å². The van der Waals surface area contributed by atoms with E-state index in [1.807, 2.05) is 0 Å². The minimum Gasteiger partial charge on any atom is -0.465 e. The van der Waals surface area contributed by atoms with Crippen LogP contribution in [0, 0.1) is 0 Å². The highest BCUT2D eigenvalue weighted by molar-refractivity contribution is 7.91. The van der Waals surface area contributed by atoms with Gasteiger partial charge in [0.15, 0.2) is 5.25 Å². The lowest BCUT2D eigenvalue weighted by molar-refractivity contribution is -0.142. The molecule has 1 amide bonds. The minimum atomic E-state index is -4.19. The number of sulfonamides is 1. The summed E-state index contributed by atoms with van der Waals surface area (Å²) >= 11 is 12.2. The summed E-state index contributed by atoms with van der Waals surface area (Å²) in [5, 5.41) is -1.35. The SMILES string of the molecule is CCOC(=O)C(C)S(=O)(=O)NC(=O)c1cc(Cl)c(Cl)s1. The first-order chi connectivity index (χ1) is 9.19. The van der Waals surface area contributed by atoms with Crippen LogP contribution >= 0.6 is 34.5 Å². The Bertz CT molecular complexity index is 606. The number of carbonyl (C=O) groups excluding carboxylic acids is 2. The normalized spacial score (nSPS) is 12.8. The summed E-state index contributed by atoms with van der Waals surface area (Å²) in [6, 6.07) is 1.24. The third-order valence-corrected chi connectivity index (χ3v) is 5.65. The van der Waals surface area contributed by atoms with E-state index in [0.29, 0.717) is 0 Å². The fourth-order valence-electron chi connectivity index (χ4n) is 1.11. The van der Waals surface area contributed by atoms with Crippen LogP contribution in [0.5, 0.6) is 0 Å². The summed E-state index contributed by atoms with van der Waals surface area (Å²) in [6.45, 7) is 2.72. The van der Waals surface area contributed by atoms with Crippen LogP contribution in [0.1, 0.15) is 23.5 Å². The number of ether oxygens (including phenoxy) is 1. The van der Waals surface area contributed by atoms with Gasteiger partial charge in [-0.25, -0.2) is 13.1 Å². The zero-order chi connectivity index (χ0) is 15.5. The molecule has 0 aliphatic rings. The fourth-order valence-corrected chi connectivity index (χ4v) is 3.31. The Morgan fingerprint density at radius 1 is 1.45 bits per heavy atom. The Hall–Kier alpha value is -0.830. The molecule has 0 saturated heterocycles. The lowest BCUT2D eigenvalue weighted by Gasteiger charge is -2.12. The lowest BCUT2D eigenvalue weighted by atomic mass is 10.4. The number of amides is 1. The van der Waals surface area contributed by atoms with Gasteiger partial charge in [-0.1, -0.05) is 23.2 Å². The van der Waals surface area contributed by atoms with E-state index < -0.39 is 27.1 Å². The topological polar surface area (TPSA) is 89.5 Å². The standard InChI is InChI=1S/C10H11Cl2NO5S2/c1-3-18-10(15)5(2)20(16,17)13-9(14)7-4-6(11)8(12)19-7/h4-5H,3H2,1-2H3,(H,13,14). The minimum absolute atomic E-state index is 0.0274. The number of halogens is 2. The van der Waals surface area contributed by atoms with Crippen molar-refractivity contribution in [3.63, 3.8) is 0 Å². The van der Waals surface area contributed by atoms with E-state index in [4.69, 9.17) is 23.2 Å². The molecule has 6 nitrogen and oxygen atoms in total. The molecule has 10 heteroatoms. The summed E-state index contributed by atoms with van der Waals surface area (Å²) in [5.74, 6) is -1.84. The molecule has 0 aliphatic heterocycles. The van der Waals surface area contributed by atoms with Gasteiger partial charge >= 0.3 is 5.97 Å². The van der Waals surface area contributed by atoms with Gasteiger partial charge in [0, 0.05) is 0 Å². The maximum atomic E-state index is 11.8. The van der Waals surface area contributed by atoms with Crippen molar-refractivity contribution in [2.45, 2.75) is 19.1 Å². The molecule has 1 aromatic rings. The number of thiophene rings is 1. The highest BCUT2D eigenvalue weighted by Gasteiger charge is 2.31. The quantitative estimate of drug-likeness (QED) is 0.812. The van der Waals surface area contributed by atoms with Crippen LogP contribution in [-0.4, -0.2) is 32.2 Å². The monoisotopic (exact) mass is 359 g/mol. The van der Waals surface area contributed by atoms with Crippen molar-refractivity contribution in [3.8, 4) is 0 Å². The van der Waals surface area contributed by atoms with E-state index in [1.165, 1.54) is 6.07 Å². The molecule has 0 saturated carbocycles. The summed E-state index contributed by atoms with van der Waals surface area (Å²) in [7, 11) is -4.19. The van der Waals surface area contributed by atoms with Crippen LogP contribution in [0.2, 0.25) is 9.36 Å². The third-order valence-electron chi connectivity index (χ3n) is 2.19. The van der Waals surface area contributed by atoms with E-state index in [0.717, 1.165) is 18.3 Å². The highest BCUT2D eigenvalue weighted by Crippen LogP contribution is 2.31. The number of nitrogens with one attached hydrogen (secondary N) is 1. The van der Waals surface area contributed by atoms with Crippen LogP contribution < -0.4 is 4.72 Å². The maximum Gasteiger partial charge on any atom is 0.325 e. The molecular formula is C10H11Cl2NO5S2. The first-order valence-corrected chi connectivity index (χ1v) is 8.48. The van der Waals surface area contributed by atoms with Crippen molar-refractivity contribution < 1.29 is 22.7 Å². The summed E-state index contributed by atoms with van der Waals surface area (Å²) in [4.78, 5) is 23.2. The zero-order valence-electron chi connectivity index (χ0n) is 10.5. The van der Waals surface area contributed by atoms with Gasteiger partial charge in [-0.2, -0.15) is 0 Å². The van der Waals surface area contributed by atoms with Gasteiger partial charge in [-0.3, -0.25) is 9.59 Å². The van der Waals surface area contributed by atoms with Crippen molar-refractivity contribution in [2.24, 2.45) is 0 Å². The van der Waals surface area contributed by atoms with E-state index in [2.05, 4.69) is 4.74 Å². The molecule has 0 fully saturated rings. The molecule has 0 aliphatic carbocycles. The predicted octanol–water partition coefficient (Wildman–Crippen LogP) is 2.07. The average Bonchev–Trinajstić information content (AvgIpc) is 2.68. The molecule has 1 unspecified atom stereocenters. The molecule has 1 atom stereocenters. The van der Waals surface area contributed by atoms with Crippen molar-refractivity contribution >= 4 is 56.4 Å². The Balaban J connectivity index is 2.85. The van der Waals surface area contributed by atoms with E-state index in [9.17, 15) is 18.0 Å². The smallest absolute Gasteiger partial charge is 0.325 e. The molecule has 0 radical (unpaired) electrons. The third kappa shape index (κ3) is 4.08. The van der Waals surface area contributed by atoms with E-state index >= 15 is 0 Å². The maximum absolute atomic E-state index is 11.8. The Labute approximate surface area is 130 Å². The Kier molecular flexibility index (Phi) is 5.81. The second-order valence-corrected chi connectivity index (χ2v) is 7.67. The second-order valence-electron chi connectivity index (χ2n) is 3.60. The first kappa shape index (κ1) is 17.2. The first-order valence-electron chi connectivity index (χ1n) is 5.36. The van der Waals surface area contributed by atoms with Gasteiger partial charge < -0.3 is 4.74 Å². The van der Waals surface area contributed by atoms with Crippen molar-refractivity contribution in [1.29, 1.82) is 0 Å². The van der Waals surface area contributed by atoms with Gasteiger partial charge in [-0.15, -0.1) is 11.3 Å². The molecular weight excluding hydrogens is 349 g/mol. The van der Waals surface area contributed by atoms with E-state index in [-0.39, 0.29) is 20.8 Å². The Morgan fingerprint density at radius 2 is 2.05 bits per heavy atom. The van der Waals surface area contributed by atoms with Crippen LogP contribution in [0.4, 0.5) is 0 Å². The lowest BCUT2D eigenvalue weighted by Crippen LogP contribution is -2.41. The molecule has 20 heavy (non-hydrogen) atoms. The number of carbonyl (C=O) groups is 2. The molecule has 0 bridgehead atoms. The summed E-state index contributed by atoms with van der Waals surface area (Å²) in [6.07, 6.45) is 0. The van der Waals surface area contributed by atoms with Crippen LogP contribution in [-0.2, 0) is 19.6 Å². The molecule has 1 N–H and O–H groups in total. The fraction of sp³-hybridized carbons (Fsp3) is 0.400. The Morgan fingerprint density at radius 3 is 2.50 bits per heavy atom. The van der Waals surface area contributed by atoms with Crippen LogP contribution in [0.15, 0.2) is 6.07 Å². The van der Waals surface area contributed by atoms with Gasteiger partial charge in [-0.05, 0) is 19.9 Å². The number of rotatable bonds is 5. The number of hydrogen-bond acceptors (Lipinski definition) is 6. The van der Waals surface area contributed by atoms with Gasteiger partial charge in [0.1, 0.15) is 4.34 Å². The van der Waals surface area contributed by atoms with E-state index in [1.54, 1.807) is 11.6 Å². The predicted molar refractivity (Wildman–Crippen MR) is 76.8 cm³/mol. The molecule has 1 rings (SSSR count).